The van der Waals surface area contributed by atoms with Gasteiger partial charge >= 0.3 is 0 Å². The SMILES string of the molecule is N#Cc1ccc2c(c1)C1(CCCCC1)c1cccc(-c3ccc4sc5c(-c6cc(-c7ccc8c(c7)oc7ccccc78)nc(-c7ccccc7)n6)cccc5c4c3)c1-2. The molecule has 0 bridgehead atoms. The lowest BCUT2D eigenvalue weighted by molar-refractivity contribution is 0.353. The van der Waals surface area contributed by atoms with E-state index in [0.29, 0.717) is 5.82 Å². The van der Waals surface area contributed by atoms with Gasteiger partial charge in [0.1, 0.15) is 11.2 Å². The van der Waals surface area contributed by atoms with Crippen molar-refractivity contribution < 1.29 is 4.42 Å². The maximum atomic E-state index is 9.89. The van der Waals surface area contributed by atoms with Crippen LogP contribution in [0.5, 0.6) is 0 Å². The van der Waals surface area contributed by atoms with Crippen molar-refractivity contribution in [1.82, 2.24) is 9.97 Å². The number of aromatic nitrogens is 2. The molecule has 12 rings (SSSR count). The predicted octanol–water partition coefficient (Wildman–Crippen LogP) is 14.5. The van der Waals surface area contributed by atoms with Crippen molar-refractivity contribution in [1.29, 1.82) is 5.26 Å². The number of hydrogen-bond donors (Lipinski definition) is 0. The molecule has 7 aromatic carbocycles. The molecule has 274 valence electrons. The number of thiophene rings is 1. The minimum Gasteiger partial charge on any atom is -0.456 e. The van der Waals surface area contributed by atoms with Crippen molar-refractivity contribution in [2.45, 2.75) is 37.5 Å². The van der Waals surface area contributed by atoms with Crippen LogP contribution in [0.25, 0.3) is 98.3 Å². The van der Waals surface area contributed by atoms with E-state index in [1.807, 2.05) is 47.7 Å². The second kappa shape index (κ2) is 12.8. The summed E-state index contributed by atoms with van der Waals surface area (Å²) in [5.74, 6) is 0.689. The Morgan fingerprint density at radius 2 is 1.31 bits per heavy atom. The molecular weight excluding hydrogens is 727 g/mol. The van der Waals surface area contributed by atoms with Gasteiger partial charge in [0.05, 0.1) is 23.0 Å². The van der Waals surface area contributed by atoms with Crippen molar-refractivity contribution in [2.24, 2.45) is 0 Å². The quantitative estimate of drug-likeness (QED) is 0.179. The van der Waals surface area contributed by atoms with Crippen LogP contribution >= 0.6 is 11.3 Å². The summed E-state index contributed by atoms with van der Waals surface area (Å²) in [4.78, 5) is 10.4. The fraction of sp³-hybridized carbons (Fsp3) is 0.113. The Bertz CT molecular complexity index is 3340. The van der Waals surface area contributed by atoms with Crippen molar-refractivity contribution in [2.75, 3.05) is 0 Å². The largest absolute Gasteiger partial charge is 0.456 e. The van der Waals surface area contributed by atoms with Crippen molar-refractivity contribution in [3.8, 4) is 62.2 Å². The normalized spacial score (nSPS) is 14.3. The van der Waals surface area contributed by atoms with Crippen LogP contribution < -0.4 is 0 Å². The summed E-state index contributed by atoms with van der Waals surface area (Å²) in [5.41, 5.74) is 15.1. The van der Waals surface area contributed by atoms with Gasteiger partial charge in [-0.2, -0.15) is 5.26 Å². The van der Waals surface area contributed by atoms with Gasteiger partial charge in [-0.1, -0.05) is 122 Å². The maximum absolute atomic E-state index is 9.89. The molecule has 0 unspecified atom stereocenters. The van der Waals surface area contributed by atoms with Gasteiger partial charge < -0.3 is 4.42 Å². The summed E-state index contributed by atoms with van der Waals surface area (Å²) in [5, 5.41) is 14.6. The summed E-state index contributed by atoms with van der Waals surface area (Å²) >= 11 is 1.82. The molecule has 0 atom stereocenters. The second-order valence-corrected chi connectivity index (χ2v) is 16.9. The molecule has 0 radical (unpaired) electrons. The molecule has 3 aromatic heterocycles. The van der Waals surface area contributed by atoms with E-state index in [2.05, 4.69) is 121 Å². The van der Waals surface area contributed by atoms with Gasteiger partial charge in [0, 0.05) is 53.1 Å². The highest BCUT2D eigenvalue weighted by molar-refractivity contribution is 7.26. The van der Waals surface area contributed by atoms with E-state index in [1.54, 1.807) is 0 Å². The summed E-state index contributed by atoms with van der Waals surface area (Å²) in [6.45, 7) is 0. The Labute approximate surface area is 339 Å². The van der Waals surface area contributed by atoms with E-state index in [9.17, 15) is 5.26 Å². The van der Waals surface area contributed by atoms with Gasteiger partial charge in [-0.05, 0) is 94.8 Å². The monoisotopic (exact) mass is 761 g/mol. The summed E-state index contributed by atoms with van der Waals surface area (Å²) in [7, 11) is 0. The first-order valence-corrected chi connectivity index (χ1v) is 21.0. The number of benzene rings is 7. The van der Waals surface area contributed by atoms with E-state index in [1.165, 1.54) is 72.8 Å². The Hall–Kier alpha value is -6.87. The zero-order chi connectivity index (χ0) is 38.4. The summed E-state index contributed by atoms with van der Waals surface area (Å²) in [6, 6.07) is 56.3. The third-order valence-electron chi connectivity index (χ3n) is 12.7. The van der Waals surface area contributed by atoms with Crippen LogP contribution in [0.1, 0.15) is 48.8 Å². The Morgan fingerprint density at radius 3 is 2.21 bits per heavy atom. The molecule has 5 heteroatoms. The standard InChI is InChI=1S/C53H35N3OS/c54-31-32-19-22-40-44(27-32)53(25-7-2-8-26-53)43-17-10-14-36(50(40)43)34-21-24-49-42(28-34)39-15-9-16-41(51(39)58-49)46-30-45(55-52(56-46)33-11-3-1-4-12-33)35-20-23-38-37-13-5-6-18-47(37)57-48(38)29-35/h1,3-6,9-24,27-30H,2,7-8,25-26H2. The maximum Gasteiger partial charge on any atom is 0.160 e. The molecule has 1 saturated carbocycles. The van der Waals surface area contributed by atoms with Crippen LogP contribution in [0.15, 0.2) is 156 Å². The number of furan rings is 1. The number of rotatable bonds is 4. The highest BCUT2D eigenvalue weighted by Gasteiger charge is 2.44. The molecule has 1 spiro atoms. The highest BCUT2D eigenvalue weighted by Crippen LogP contribution is 2.58. The van der Waals surface area contributed by atoms with Gasteiger partial charge in [0.25, 0.3) is 0 Å². The zero-order valence-electron chi connectivity index (χ0n) is 31.6. The van der Waals surface area contributed by atoms with Crippen LogP contribution in [0.2, 0.25) is 0 Å². The fourth-order valence-corrected chi connectivity index (χ4v) is 11.3. The molecule has 2 aliphatic rings. The van der Waals surface area contributed by atoms with E-state index in [-0.39, 0.29) is 5.41 Å². The minimum atomic E-state index is -0.0211. The first kappa shape index (κ1) is 33.3. The summed E-state index contributed by atoms with van der Waals surface area (Å²) in [6.07, 6.45) is 5.97. The van der Waals surface area contributed by atoms with Crippen molar-refractivity contribution in [3.05, 3.63) is 168 Å². The predicted molar refractivity (Wildman–Crippen MR) is 238 cm³/mol. The van der Waals surface area contributed by atoms with Gasteiger partial charge in [-0.3, -0.25) is 0 Å². The molecule has 1 fully saturated rings. The number of para-hydroxylation sites is 1. The van der Waals surface area contributed by atoms with Crippen molar-refractivity contribution in [3.63, 3.8) is 0 Å². The van der Waals surface area contributed by atoms with Gasteiger partial charge in [0.15, 0.2) is 5.82 Å². The van der Waals surface area contributed by atoms with E-state index in [0.717, 1.165) is 68.4 Å². The molecule has 0 saturated heterocycles. The van der Waals surface area contributed by atoms with E-state index < -0.39 is 0 Å². The molecule has 58 heavy (non-hydrogen) atoms. The number of hydrogen-bond acceptors (Lipinski definition) is 5. The summed E-state index contributed by atoms with van der Waals surface area (Å²) < 4.78 is 8.76. The van der Waals surface area contributed by atoms with Crippen LogP contribution in [0.3, 0.4) is 0 Å². The average Bonchev–Trinajstić information content (AvgIpc) is 3.94. The van der Waals surface area contributed by atoms with Crippen molar-refractivity contribution >= 4 is 53.4 Å². The molecular formula is C53H35N3OS. The van der Waals surface area contributed by atoms with Crippen LogP contribution in [-0.2, 0) is 5.41 Å². The fourth-order valence-electron chi connectivity index (χ4n) is 10.1. The van der Waals surface area contributed by atoms with Gasteiger partial charge in [-0.25, -0.2) is 9.97 Å². The van der Waals surface area contributed by atoms with Gasteiger partial charge in [0.2, 0.25) is 0 Å². The van der Waals surface area contributed by atoms with Crippen LogP contribution in [0, 0.1) is 11.3 Å². The first-order valence-electron chi connectivity index (χ1n) is 20.2. The number of nitrogens with zero attached hydrogens (tertiary/aromatic N) is 3. The lowest BCUT2D eigenvalue weighted by Gasteiger charge is -2.36. The third-order valence-corrected chi connectivity index (χ3v) is 14.0. The molecule has 0 aliphatic heterocycles. The Kier molecular flexibility index (Phi) is 7.36. The Balaban J connectivity index is 1.01. The highest BCUT2D eigenvalue weighted by atomic mass is 32.1. The topological polar surface area (TPSA) is 62.7 Å². The second-order valence-electron chi connectivity index (χ2n) is 15.9. The first-order chi connectivity index (χ1) is 28.6. The molecule has 3 heterocycles. The molecule has 4 nitrogen and oxygen atoms in total. The van der Waals surface area contributed by atoms with Crippen LogP contribution in [-0.4, -0.2) is 9.97 Å². The number of fused-ring (bicyclic) bond motifs is 11. The third kappa shape index (κ3) is 4.98. The molecule has 0 amide bonds. The Morgan fingerprint density at radius 1 is 0.534 bits per heavy atom. The number of nitriles is 1. The minimum absolute atomic E-state index is 0.0211. The van der Waals surface area contributed by atoms with Crippen LogP contribution in [0.4, 0.5) is 0 Å². The molecule has 0 N–H and O–H groups in total. The van der Waals surface area contributed by atoms with Gasteiger partial charge in [-0.15, -0.1) is 11.3 Å². The van der Waals surface area contributed by atoms with E-state index >= 15 is 0 Å². The molecule has 2 aliphatic carbocycles. The average molecular weight is 762 g/mol. The lowest BCUT2D eigenvalue weighted by atomic mass is 9.67. The lowest BCUT2D eigenvalue weighted by Crippen LogP contribution is -2.28. The smallest absolute Gasteiger partial charge is 0.160 e. The zero-order valence-corrected chi connectivity index (χ0v) is 32.4. The van der Waals surface area contributed by atoms with E-state index in [4.69, 9.17) is 14.4 Å². The molecule has 10 aromatic rings.